The van der Waals surface area contributed by atoms with Gasteiger partial charge in [-0.05, 0) is 25.6 Å². The van der Waals surface area contributed by atoms with Crippen LogP contribution in [0.25, 0.3) is 0 Å². The van der Waals surface area contributed by atoms with E-state index in [9.17, 15) is 4.39 Å². The normalized spacial score (nSPS) is 17.6. The predicted octanol–water partition coefficient (Wildman–Crippen LogP) is 1.42. The molecule has 1 aliphatic rings. The molecule has 4 nitrogen and oxygen atoms in total. The summed E-state index contributed by atoms with van der Waals surface area (Å²) in [5.74, 6) is -0.104. The number of nitrogen functional groups attached to an aromatic ring is 1. The molecule has 0 spiro atoms. The Labute approximate surface area is 113 Å². The number of rotatable bonds is 5. The van der Waals surface area contributed by atoms with Gasteiger partial charge >= 0.3 is 0 Å². The van der Waals surface area contributed by atoms with Gasteiger partial charge in [-0.25, -0.2) is 4.39 Å². The maximum atomic E-state index is 13.5. The monoisotopic (exact) mass is 267 g/mol. The largest absolute Gasteiger partial charge is 0.490 e. The van der Waals surface area contributed by atoms with Crippen LogP contribution in [0.2, 0.25) is 0 Å². The van der Waals surface area contributed by atoms with E-state index in [1.165, 1.54) is 6.07 Å². The maximum Gasteiger partial charge on any atom is 0.167 e. The molecule has 0 amide bonds. The molecule has 1 aliphatic heterocycles. The average molecular weight is 267 g/mol. The number of hydrogen-bond acceptors (Lipinski definition) is 4. The summed E-state index contributed by atoms with van der Waals surface area (Å²) in [4.78, 5) is 4.75. The Hall–Kier alpha value is -1.33. The minimum Gasteiger partial charge on any atom is -0.490 e. The topological polar surface area (TPSA) is 41.7 Å². The fraction of sp³-hybridized carbons (Fsp3) is 0.571. The van der Waals surface area contributed by atoms with Crippen LogP contribution in [0.4, 0.5) is 10.1 Å². The zero-order valence-electron chi connectivity index (χ0n) is 11.4. The predicted molar refractivity (Wildman–Crippen MR) is 74.9 cm³/mol. The number of benzene rings is 1. The van der Waals surface area contributed by atoms with E-state index in [2.05, 4.69) is 16.8 Å². The van der Waals surface area contributed by atoms with Crippen molar-refractivity contribution < 1.29 is 9.13 Å². The first kappa shape index (κ1) is 14.1. The molecule has 0 bridgehead atoms. The van der Waals surface area contributed by atoms with Crippen molar-refractivity contribution in [3.8, 4) is 5.75 Å². The van der Waals surface area contributed by atoms with Gasteiger partial charge < -0.3 is 20.3 Å². The lowest BCUT2D eigenvalue weighted by Crippen LogP contribution is -2.44. The molecule has 0 aromatic heterocycles. The molecule has 0 aliphatic carbocycles. The maximum absolute atomic E-state index is 13.5. The first-order valence-corrected chi connectivity index (χ1v) is 6.74. The Balaban J connectivity index is 1.66. The second-order valence-electron chi connectivity index (χ2n) is 5.04. The number of anilines is 1. The SMILES string of the molecule is CN1CCN(CCCOc2ccc(N)cc2F)CC1. The van der Waals surface area contributed by atoms with E-state index < -0.39 is 0 Å². The summed E-state index contributed by atoms with van der Waals surface area (Å²) in [5.41, 5.74) is 5.90. The molecule has 19 heavy (non-hydrogen) atoms. The number of ether oxygens (including phenoxy) is 1. The fourth-order valence-electron chi connectivity index (χ4n) is 2.18. The smallest absolute Gasteiger partial charge is 0.167 e. The standard InChI is InChI=1S/C14H22FN3O/c1-17-6-8-18(9-7-17)5-2-10-19-14-4-3-12(16)11-13(14)15/h3-4,11H,2,5-10,16H2,1H3. The minimum absolute atomic E-state index is 0.285. The Morgan fingerprint density at radius 2 is 2.00 bits per heavy atom. The zero-order valence-corrected chi connectivity index (χ0v) is 11.4. The van der Waals surface area contributed by atoms with E-state index in [4.69, 9.17) is 10.5 Å². The van der Waals surface area contributed by atoms with Gasteiger partial charge in [-0.3, -0.25) is 0 Å². The third kappa shape index (κ3) is 4.36. The van der Waals surface area contributed by atoms with E-state index in [-0.39, 0.29) is 11.6 Å². The van der Waals surface area contributed by atoms with Gasteiger partial charge in [-0.15, -0.1) is 0 Å². The van der Waals surface area contributed by atoms with Crippen molar-refractivity contribution >= 4 is 5.69 Å². The lowest BCUT2D eigenvalue weighted by Gasteiger charge is -2.32. The highest BCUT2D eigenvalue weighted by Gasteiger charge is 2.13. The summed E-state index contributed by atoms with van der Waals surface area (Å²) < 4.78 is 18.9. The van der Waals surface area contributed by atoms with Crippen molar-refractivity contribution in [3.63, 3.8) is 0 Å². The summed E-state index contributed by atoms with van der Waals surface area (Å²) in [5, 5.41) is 0. The second-order valence-corrected chi connectivity index (χ2v) is 5.04. The molecule has 1 aromatic carbocycles. The fourth-order valence-corrected chi connectivity index (χ4v) is 2.18. The van der Waals surface area contributed by atoms with Crippen LogP contribution in [0.1, 0.15) is 6.42 Å². The van der Waals surface area contributed by atoms with Crippen LogP contribution < -0.4 is 10.5 Å². The van der Waals surface area contributed by atoms with Gasteiger partial charge in [0.2, 0.25) is 0 Å². The van der Waals surface area contributed by atoms with E-state index in [1.807, 2.05) is 0 Å². The van der Waals surface area contributed by atoms with Crippen molar-refractivity contribution in [2.45, 2.75) is 6.42 Å². The highest BCUT2D eigenvalue weighted by Crippen LogP contribution is 2.19. The number of halogens is 1. The number of nitrogens with zero attached hydrogens (tertiary/aromatic N) is 2. The molecule has 0 unspecified atom stereocenters. The van der Waals surface area contributed by atoms with Crippen molar-refractivity contribution in [3.05, 3.63) is 24.0 Å². The van der Waals surface area contributed by atoms with Crippen molar-refractivity contribution in [1.82, 2.24) is 9.80 Å². The van der Waals surface area contributed by atoms with Crippen molar-refractivity contribution in [1.29, 1.82) is 0 Å². The van der Waals surface area contributed by atoms with Gasteiger partial charge in [-0.2, -0.15) is 0 Å². The number of piperazine rings is 1. The quantitative estimate of drug-likeness (QED) is 0.647. The first-order valence-electron chi connectivity index (χ1n) is 6.74. The van der Waals surface area contributed by atoms with Gasteiger partial charge in [0.05, 0.1) is 6.61 Å². The van der Waals surface area contributed by atoms with E-state index >= 15 is 0 Å². The Morgan fingerprint density at radius 3 is 2.68 bits per heavy atom. The summed E-state index contributed by atoms with van der Waals surface area (Å²) in [6.07, 6.45) is 0.910. The third-order valence-electron chi connectivity index (χ3n) is 3.43. The number of likely N-dealkylation sites (N-methyl/N-ethyl adjacent to an activating group) is 1. The molecule has 0 radical (unpaired) electrons. The molecule has 2 N–H and O–H groups in total. The van der Waals surface area contributed by atoms with Gasteiger partial charge in [0.25, 0.3) is 0 Å². The number of hydrogen-bond donors (Lipinski definition) is 1. The lowest BCUT2D eigenvalue weighted by molar-refractivity contribution is 0.145. The molecule has 0 saturated carbocycles. The highest BCUT2D eigenvalue weighted by molar-refractivity contribution is 5.42. The third-order valence-corrected chi connectivity index (χ3v) is 3.43. The van der Waals surface area contributed by atoms with Gasteiger partial charge in [0.15, 0.2) is 11.6 Å². The minimum atomic E-state index is -0.389. The Kier molecular flexibility index (Phi) is 4.99. The molecular weight excluding hydrogens is 245 g/mol. The van der Waals surface area contributed by atoms with E-state index in [0.717, 1.165) is 39.1 Å². The van der Waals surface area contributed by atoms with Crippen LogP contribution in [-0.4, -0.2) is 56.2 Å². The average Bonchev–Trinajstić information content (AvgIpc) is 2.39. The van der Waals surface area contributed by atoms with Crippen molar-refractivity contribution in [2.75, 3.05) is 52.1 Å². The summed E-state index contributed by atoms with van der Waals surface area (Å²) in [6, 6.07) is 4.52. The molecular formula is C14H22FN3O. The van der Waals surface area contributed by atoms with Crippen LogP contribution in [0.5, 0.6) is 5.75 Å². The van der Waals surface area contributed by atoms with E-state index in [0.29, 0.717) is 12.3 Å². The van der Waals surface area contributed by atoms with Crippen LogP contribution in [0.3, 0.4) is 0 Å². The van der Waals surface area contributed by atoms with Gasteiger partial charge in [0, 0.05) is 44.5 Å². The molecule has 2 rings (SSSR count). The van der Waals surface area contributed by atoms with Crippen LogP contribution >= 0.6 is 0 Å². The zero-order chi connectivity index (χ0) is 13.7. The molecule has 5 heteroatoms. The first-order chi connectivity index (χ1) is 9.15. The summed E-state index contributed by atoms with van der Waals surface area (Å²) >= 11 is 0. The Morgan fingerprint density at radius 1 is 1.26 bits per heavy atom. The molecule has 1 fully saturated rings. The molecule has 106 valence electrons. The van der Waals surface area contributed by atoms with E-state index in [1.54, 1.807) is 12.1 Å². The van der Waals surface area contributed by atoms with Crippen LogP contribution in [0, 0.1) is 5.82 Å². The molecule has 0 atom stereocenters. The Bertz CT molecular complexity index is 406. The molecule has 1 aromatic rings. The summed E-state index contributed by atoms with van der Waals surface area (Å²) in [6.45, 7) is 5.98. The van der Waals surface area contributed by atoms with Gasteiger partial charge in [-0.1, -0.05) is 0 Å². The van der Waals surface area contributed by atoms with Crippen LogP contribution in [-0.2, 0) is 0 Å². The highest BCUT2D eigenvalue weighted by atomic mass is 19.1. The van der Waals surface area contributed by atoms with Crippen LogP contribution in [0.15, 0.2) is 18.2 Å². The van der Waals surface area contributed by atoms with Crippen molar-refractivity contribution in [2.24, 2.45) is 0 Å². The molecule has 1 saturated heterocycles. The molecule has 1 heterocycles. The second kappa shape index (κ2) is 6.73. The summed E-state index contributed by atoms with van der Waals surface area (Å²) in [7, 11) is 2.14. The lowest BCUT2D eigenvalue weighted by atomic mass is 10.3. The van der Waals surface area contributed by atoms with Gasteiger partial charge in [0.1, 0.15) is 0 Å². The number of nitrogens with two attached hydrogens (primary N) is 1.